The van der Waals surface area contributed by atoms with Gasteiger partial charge in [-0.1, -0.05) is 45.0 Å². The van der Waals surface area contributed by atoms with Crippen LogP contribution >= 0.6 is 25.3 Å². The first-order valence-electron chi connectivity index (χ1n) is 7.01. The van der Waals surface area contributed by atoms with Gasteiger partial charge in [-0.25, -0.2) is 0 Å². The molecule has 0 radical (unpaired) electrons. The van der Waals surface area contributed by atoms with Gasteiger partial charge in [0, 0.05) is 15.2 Å². The highest BCUT2D eigenvalue weighted by molar-refractivity contribution is 7.80. The van der Waals surface area contributed by atoms with Gasteiger partial charge in [0.25, 0.3) is 0 Å². The van der Waals surface area contributed by atoms with Crippen molar-refractivity contribution in [2.45, 2.75) is 42.4 Å². The van der Waals surface area contributed by atoms with Crippen molar-refractivity contribution in [2.75, 3.05) is 0 Å². The first-order valence-corrected chi connectivity index (χ1v) is 7.90. The van der Waals surface area contributed by atoms with E-state index in [1.807, 2.05) is 0 Å². The molecule has 0 aliphatic heterocycles. The molecule has 0 aliphatic rings. The molecule has 0 spiro atoms. The molecule has 0 aliphatic carbocycles. The zero-order valence-electron chi connectivity index (χ0n) is 12.3. The van der Waals surface area contributed by atoms with Gasteiger partial charge >= 0.3 is 0 Å². The van der Waals surface area contributed by atoms with E-state index in [2.05, 4.69) is 94.6 Å². The van der Waals surface area contributed by atoms with Gasteiger partial charge in [0.05, 0.1) is 0 Å². The zero-order chi connectivity index (χ0) is 14.8. The second-order valence-corrected chi connectivity index (χ2v) is 7.06. The Hall–Kier alpha value is -0.860. The van der Waals surface area contributed by atoms with Crippen LogP contribution in [0.1, 0.15) is 38.3 Å². The van der Waals surface area contributed by atoms with E-state index in [1.165, 1.54) is 11.1 Å². The van der Waals surface area contributed by atoms with Crippen LogP contribution in [0.3, 0.4) is 0 Å². The summed E-state index contributed by atoms with van der Waals surface area (Å²) in [6.45, 7) is 6.88. The quantitative estimate of drug-likeness (QED) is 0.673. The molecule has 2 heteroatoms. The van der Waals surface area contributed by atoms with E-state index in [1.54, 1.807) is 0 Å². The first kappa shape index (κ1) is 15.5. The van der Waals surface area contributed by atoms with Gasteiger partial charge in [-0.15, -0.1) is 25.3 Å². The summed E-state index contributed by atoms with van der Waals surface area (Å²) in [5.41, 5.74) is 2.71. The third kappa shape index (κ3) is 3.42. The summed E-state index contributed by atoms with van der Waals surface area (Å²) in [4.78, 5) is 2.01. The number of rotatable bonds is 4. The van der Waals surface area contributed by atoms with Crippen molar-refractivity contribution in [3.63, 3.8) is 0 Å². The van der Waals surface area contributed by atoms with E-state index in [0.29, 0.717) is 5.92 Å². The monoisotopic (exact) mass is 302 g/mol. The van der Waals surface area contributed by atoms with Gasteiger partial charge in [0.15, 0.2) is 0 Å². The summed E-state index contributed by atoms with van der Waals surface area (Å²) >= 11 is 8.78. The van der Waals surface area contributed by atoms with Crippen LogP contribution in [0, 0.1) is 5.92 Å². The van der Waals surface area contributed by atoms with Gasteiger partial charge in [0.2, 0.25) is 0 Å². The highest BCUT2D eigenvalue weighted by atomic mass is 32.1. The second kappa shape index (κ2) is 6.28. The maximum atomic E-state index is 4.39. The maximum Gasteiger partial charge on any atom is 0.0177 e. The van der Waals surface area contributed by atoms with Crippen LogP contribution < -0.4 is 0 Å². The predicted molar refractivity (Wildman–Crippen MR) is 93.3 cm³/mol. The molecule has 0 saturated heterocycles. The molecule has 0 aromatic heterocycles. The Morgan fingerprint density at radius 1 is 0.800 bits per heavy atom. The number of hydrogen-bond acceptors (Lipinski definition) is 2. The minimum absolute atomic E-state index is 0.0249. The summed E-state index contributed by atoms with van der Waals surface area (Å²) in [6.07, 6.45) is 1.12. The van der Waals surface area contributed by atoms with E-state index in [9.17, 15) is 0 Å². The summed E-state index contributed by atoms with van der Waals surface area (Å²) in [7, 11) is 0. The fourth-order valence-corrected chi connectivity index (χ4v) is 3.18. The molecule has 0 nitrogen and oxygen atoms in total. The third-order valence-corrected chi connectivity index (χ3v) is 4.42. The van der Waals surface area contributed by atoms with Crippen LogP contribution in [-0.2, 0) is 5.41 Å². The highest BCUT2D eigenvalue weighted by Crippen LogP contribution is 2.38. The van der Waals surface area contributed by atoms with Gasteiger partial charge in [-0.05, 0) is 47.7 Å². The molecule has 2 aromatic rings. The molecular weight excluding hydrogens is 280 g/mol. The van der Waals surface area contributed by atoms with E-state index in [0.717, 1.165) is 16.2 Å². The van der Waals surface area contributed by atoms with Crippen molar-refractivity contribution in [1.29, 1.82) is 0 Å². The lowest BCUT2D eigenvalue weighted by atomic mass is 9.71. The molecule has 0 bridgehead atoms. The molecule has 2 rings (SSSR count). The summed E-state index contributed by atoms with van der Waals surface area (Å²) in [5.74, 6) is 0.631. The Kier molecular flexibility index (Phi) is 4.87. The van der Waals surface area contributed by atoms with E-state index in [4.69, 9.17) is 0 Å². The van der Waals surface area contributed by atoms with E-state index >= 15 is 0 Å². The minimum atomic E-state index is 0.0249. The third-order valence-electron chi connectivity index (χ3n) is 3.83. The summed E-state index contributed by atoms with van der Waals surface area (Å²) in [5, 5.41) is 0. The summed E-state index contributed by atoms with van der Waals surface area (Å²) in [6, 6.07) is 17.1. The molecule has 106 valence electrons. The normalized spacial score (nSPS) is 11.9. The Bertz CT molecular complexity index is 507. The molecule has 2 aromatic carbocycles. The standard InChI is InChI=1S/C18H22S2/c1-13(2)12-18(3,14-4-8-16(19)9-5-14)15-6-10-17(20)11-7-15/h4-11,13,19-20H,12H2,1-3H3. The van der Waals surface area contributed by atoms with Crippen LogP contribution in [0.5, 0.6) is 0 Å². The van der Waals surface area contributed by atoms with Gasteiger partial charge < -0.3 is 0 Å². The van der Waals surface area contributed by atoms with Gasteiger partial charge in [-0.2, -0.15) is 0 Å². The van der Waals surface area contributed by atoms with Crippen molar-refractivity contribution >= 4 is 25.3 Å². The van der Waals surface area contributed by atoms with Crippen molar-refractivity contribution in [1.82, 2.24) is 0 Å². The molecule has 0 heterocycles. The van der Waals surface area contributed by atoms with E-state index < -0.39 is 0 Å². The van der Waals surface area contributed by atoms with E-state index in [-0.39, 0.29) is 5.41 Å². The average molecular weight is 303 g/mol. The largest absolute Gasteiger partial charge is 0.143 e. The SMILES string of the molecule is CC(C)CC(C)(c1ccc(S)cc1)c1ccc(S)cc1. The Labute approximate surface area is 133 Å². The van der Waals surface area contributed by atoms with Gasteiger partial charge in [-0.3, -0.25) is 0 Å². The topological polar surface area (TPSA) is 0 Å². The van der Waals surface area contributed by atoms with Crippen molar-refractivity contribution in [3.8, 4) is 0 Å². The van der Waals surface area contributed by atoms with Crippen LogP contribution in [0.15, 0.2) is 58.3 Å². The minimum Gasteiger partial charge on any atom is -0.143 e. The Balaban J connectivity index is 2.49. The smallest absolute Gasteiger partial charge is 0.0177 e. The Morgan fingerprint density at radius 2 is 1.15 bits per heavy atom. The van der Waals surface area contributed by atoms with Crippen molar-refractivity contribution in [3.05, 3.63) is 59.7 Å². The molecule has 0 saturated carbocycles. The molecule has 0 fully saturated rings. The van der Waals surface area contributed by atoms with Crippen LogP contribution in [0.2, 0.25) is 0 Å². The molecule has 0 atom stereocenters. The van der Waals surface area contributed by atoms with Gasteiger partial charge in [0.1, 0.15) is 0 Å². The van der Waals surface area contributed by atoms with Crippen LogP contribution in [-0.4, -0.2) is 0 Å². The molecule has 0 amide bonds. The van der Waals surface area contributed by atoms with Crippen molar-refractivity contribution in [2.24, 2.45) is 5.92 Å². The molecule has 0 N–H and O–H groups in total. The van der Waals surface area contributed by atoms with Crippen molar-refractivity contribution < 1.29 is 0 Å². The zero-order valence-corrected chi connectivity index (χ0v) is 14.1. The molecule has 0 unspecified atom stereocenters. The fourth-order valence-electron chi connectivity index (χ4n) is 2.88. The predicted octanol–water partition coefficient (Wildman–Crippen LogP) is 5.62. The molecule has 20 heavy (non-hydrogen) atoms. The first-order chi connectivity index (χ1) is 9.41. The number of benzene rings is 2. The average Bonchev–Trinajstić information content (AvgIpc) is 2.39. The molecular formula is C18H22S2. The Morgan fingerprint density at radius 3 is 1.45 bits per heavy atom. The number of thiol groups is 2. The fraction of sp³-hybridized carbons (Fsp3) is 0.333. The highest BCUT2D eigenvalue weighted by Gasteiger charge is 2.29. The lowest BCUT2D eigenvalue weighted by molar-refractivity contribution is 0.427. The number of hydrogen-bond donors (Lipinski definition) is 2. The summed E-state index contributed by atoms with van der Waals surface area (Å²) < 4.78 is 0. The van der Waals surface area contributed by atoms with Crippen LogP contribution in [0.25, 0.3) is 0 Å². The second-order valence-electron chi connectivity index (χ2n) is 6.02. The lowest BCUT2D eigenvalue weighted by Gasteiger charge is -2.33. The maximum absolute atomic E-state index is 4.39. The van der Waals surface area contributed by atoms with Crippen LogP contribution in [0.4, 0.5) is 0 Å². The lowest BCUT2D eigenvalue weighted by Crippen LogP contribution is -2.25.